The number of amides is 1. The Morgan fingerprint density at radius 3 is 2.77 bits per heavy atom. The van der Waals surface area contributed by atoms with Crippen LogP contribution in [0.4, 0.5) is 5.69 Å². The van der Waals surface area contributed by atoms with Crippen LogP contribution in [0.25, 0.3) is 0 Å². The number of hydrogen-bond acceptors (Lipinski definition) is 5. The smallest absolute Gasteiger partial charge is 0.235 e. The van der Waals surface area contributed by atoms with E-state index in [0.29, 0.717) is 30.0 Å². The van der Waals surface area contributed by atoms with Crippen molar-refractivity contribution in [2.75, 3.05) is 23.4 Å². The van der Waals surface area contributed by atoms with Gasteiger partial charge in [-0.3, -0.25) is 9.59 Å². The Kier molecular flexibility index (Phi) is 10.0. The number of hydrogen-bond donors (Lipinski definition) is 2. The number of ketones is 1. The second-order valence-electron chi connectivity index (χ2n) is 4.88. The van der Waals surface area contributed by atoms with E-state index in [1.165, 1.54) is 10.8 Å². The normalized spacial score (nSPS) is 10.5. The van der Waals surface area contributed by atoms with Gasteiger partial charge in [-0.15, -0.1) is 0 Å². The van der Waals surface area contributed by atoms with Crippen LogP contribution in [0.5, 0.6) is 0 Å². The van der Waals surface area contributed by atoms with Gasteiger partial charge in [0.15, 0.2) is 5.78 Å². The van der Waals surface area contributed by atoms with Crippen LogP contribution in [0.15, 0.2) is 24.3 Å². The van der Waals surface area contributed by atoms with Gasteiger partial charge in [0.25, 0.3) is 0 Å². The average Bonchev–Trinajstić information content (AvgIpc) is 2.52. The van der Waals surface area contributed by atoms with Crippen LogP contribution in [-0.4, -0.2) is 29.7 Å². The lowest BCUT2D eigenvalue weighted by Crippen LogP contribution is -2.14. The summed E-state index contributed by atoms with van der Waals surface area (Å²) in [6, 6.07) is 7.16. The maximum Gasteiger partial charge on any atom is 0.235 e. The molecule has 1 amide bonds. The van der Waals surface area contributed by atoms with Gasteiger partial charge in [-0.05, 0) is 18.6 Å². The van der Waals surface area contributed by atoms with Crippen molar-refractivity contribution in [1.82, 2.24) is 0 Å². The molecule has 0 aliphatic heterocycles. The molecule has 0 aliphatic carbocycles. The highest BCUT2D eigenvalue weighted by atomic mass is 33.1. The highest BCUT2D eigenvalue weighted by Gasteiger charge is 2.08. The molecule has 0 spiro atoms. The summed E-state index contributed by atoms with van der Waals surface area (Å²) in [5.41, 5.74) is 6.73. The molecule has 22 heavy (non-hydrogen) atoms. The van der Waals surface area contributed by atoms with Gasteiger partial charge >= 0.3 is 0 Å². The zero-order valence-electron chi connectivity index (χ0n) is 13.0. The van der Waals surface area contributed by atoms with Crippen molar-refractivity contribution < 1.29 is 9.59 Å². The van der Waals surface area contributed by atoms with E-state index in [0.717, 1.165) is 25.0 Å². The highest BCUT2D eigenvalue weighted by Crippen LogP contribution is 2.20. The first-order chi connectivity index (χ1) is 10.7. The fourth-order valence-corrected chi connectivity index (χ4v) is 3.54. The number of benzene rings is 1. The molecule has 0 saturated carbocycles. The van der Waals surface area contributed by atoms with Crippen molar-refractivity contribution in [3.05, 3.63) is 29.8 Å². The Balaban J connectivity index is 2.46. The molecule has 0 bridgehead atoms. The number of nitrogens with one attached hydrogen (secondary N) is 1. The van der Waals surface area contributed by atoms with Crippen LogP contribution in [0, 0.1) is 0 Å². The molecule has 6 heteroatoms. The molecule has 4 nitrogen and oxygen atoms in total. The molecule has 0 saturated heterocycles. The Bertz CT molecular complexity index is 481. The summed E-state index contributed by atoms with van der Waals surface area (Å²) in [7, 11) is 3.08. The Morgan fingerprint density at radius 2 is 2.05 bits per heavy atom. The van der Waals surface area contributed by atoms with E-state index >= 15 is 0 Å². The van der Waals surface area contributed by atoms with Crippen molar-refractivity contribution in [2.45, 2.75) is 32.6 Å². The molecule has 0 heterocycles. The van der Waals surface area contributed by atoms with E-state index in [1.807, 2.05) is 0 Å². The molecule has 0 fully saturated rings. The van der Waals surface area contributed by atoms with Gasteiger partial charge in [-0.25, -0.2) is 0 Å². The third-order valence-electron chi connectivity index (χ3n) is 2.95. The summed E-state index contributed by atoms with van der Waals surface area (Å²) in [6.07, 6.45) is 3.65. The molecule has 0 radical (unpaired) electrons. The first-order valence-corrected chi connectivity index (χ1v) is 10.0. The van der Waals surface area contributed by atoms with Crippen molar-refractivity contribution in [1.29, 1.82) is 0 Å². The minimum Gasteiger partial charge on any atom is -0.330 e. The fraction of sp³-hybridized carbons (Fsp3) is 0.500. The van der Waals surface area contributed by atoms with Gasteiger partial charge in [-0.1, -0.05) is 53.5 Å². The van der Waals surface area contributed by atoms with Gasteiger partial charge in [0.1, 0.15) is 0 Å². The summed E-state index contributed by atoms with van der Waals surface area (Å²) in [5, 5.41) is 2.82. The molecule has 0 unspecified atom stereocenters. The number of nitrogens with two attached hydrogens (primary N) is 1. The zero-order chi connectivity index (χ0) is 16.2. The van der Waals surface area contributed by atoms with Crippen molar-refractivity contribution >= 4 is 39.0 Å². The number of anilines is 1. The summed E-state index contributed by atoms with van der Waals surface area (Å²) < 4.78 is 0. The third kappa shape index (κ3) is 7.87. The second-order valence-corrected chi connectivity index (χ2v) is 7.46. The third-order valence-corrected chi connectivity index (χ3v) is 5.25. The minimum atomic E-state index is -0.0647. The number of rotatable bonds is 11. The molecular weight excluding hydrogens is 316 g/mol. The SMILES string of the molecule is CCCCCC(=O)c1cccc(NC(=O)CSSCCN)c1. The molecule has 1 aromatic rings. The Labute approximate surface area is 140 Å². The van der Waals surface area contributed by atoms with E-state index in [2.05, 4.69) is 12.2 Å². The average molecular weight is 341 g/mol. The highest BCUT2D eigenvalue weighted by molar-refractivity contribution is 8.76. The largest absolute Gasteiger partial charge is 0.330 e. The van der Waals surface area contributed by atoms with Gasteiger partial charge in [0.2, 0.25) is 5.91 Å². The molecule has 1 rings (SSSR count). The van der Waals surface area contributed by atoms with E-state index in [9.17, 15) is 9.59 Å². The summed E-state index contributed by atoms with van der Waals surface area (Å²) in [6.45, 7) is 2.73. The zero-order valence-corrected chi connectivity index (χ0v) is 14.6. The Hall–Kier alpha value is -0.980. The topological polar surface area (TPSA) is 72.2 Å². The van der Waals surface area contributed by atoms with Crippen molar-refractivity contribution in [3.63, 3.8) is 0 Å². The van der Waals surface area contributed by atoms with Crippen molar-refractivity contribution in [3.8, 4) is 0 Å². The summed E-state index contributed by atoms with van der Waals surface area (Å²) in [5.74, 6) is 1.28. The first-order valence-electron chi connectivity index (χ1n) is 7.55. The standard InChI is InChI=1S/C16H24N2O2S2/c1-2-3-4-8-15(19)13-6-5-7-14(11-13)18-16(20)12-22-21-10-9-17/h5-7,11H,2-4,8-10,12,17H2,1H3,(H,18,20). The van der Waals surface area contributed by atoms with Crippen LogP contribution >= 0.6 is 21.6 Å². The summed E-state index contributed by atoms with van der Waals surface area (Å²) >= 11 is 0. The molecule has 0 aromatic heterocycles. The number of carbonyl (C=O) groups excluding carboxylic acids is 2. The van der Waals surface area contributed by atoms with E-state index in [1.54, 1.807) is 35.1 Å². The Morgan fingerprint density at radius 1 is 1.23 bits per heavy atom. The van der Waals surface area contributed by atoms with Gasteiger partial charge in [-0.2, -0.15) is 0 Å². The van der Waals surface area contributed by atoms with Crippen LogP contribution in [-0.2, 0) is 4.79 Å². The quantitative estimate of drug-likeness (QED) is 0.365. The van der Waals surface area contributed by atoms with Crippen LogP contribution in [0.3, 0.4) is 0 Å². The van der Waals surface area contributed by atoms with Crippen LogP contribution in [0.2, 0.25) is 0 Å². The molecular formula is C16H24N2O2S2. The number of unbranched alkanes of at least 4 members (excludes halogenated alkanes) is 2. The lowest BCUT2D eigenvalue weighted by atomic mass is 10.0. The molecule has 0 aliphatic rings. The lowest BCUT2D eigenvalue weighted by molar-refractivity contribution is -0.113. The van der Waals surface area contributed by atoms with Crippen LogP contribution in [0.1, 0.15) is 43.0 Å². The first kappa shape index (κ1) is 19.1. The second kappa shape index (κ2) is 11.6. The fourth-order valence-electron chi connectivity index (χ4n) is 1.85. The molecule has 0 atom stereocenters. The van der Waals surface area contributed by atoms with Crippen molar-refractivity contribution in [2.24, 2.45) is 5.73 Å². The predicted molar refractivity (Wildman–Crippen MR) is 97.5 cm³/mol. The van der Waals surface area contributed by atoms with E-state index < -0.39 is 0 Å². The van der Waals surface area contributed by atoms with Gasteiger partial charge in [0.05, 0.1) is 5.75 Å². The van der Waals surface area contributed by atoms with Gasteiger partial charge in [0, 0.05) is 30.0 Å². The van der Waals surface area contributed by atoms with Crippen LogP contribution < -0.4 is 11.1 Å². The maximum atomic E-state index is 12.1. The lowest BCUT2D eigenvalue weighted by Gasteiger charge is -2.07. The maximum absolute atomic E-state index is 12.1. The number of carbonyl (C=O) groups is 2. The minimum absolute atomic E-state index is 0.0647. The number of Topliss-reactive ketones (excluding diaryl/α,β-unsaturated/α-hetero) is 1. The van der Waals surface area contributed by atoms with E-state index in [-0.39, 0.29) is 11.7 Å². The molecule has 1 aromatic carbocycles. The predicted octanol–water partition coefficient (Wildman–Crippen LogP) is 3.73. The monoisotopic (exact) mass is 340 g/mol. The molecule has 3 N–H and O–H groups in total. The van der Waals surface area contributed by atoms with E-state index in [4.69, 9.17) is 5.73 Å². The molecule has 122 valence electrons. The summed E-state index contributed by atoms with van der Waals surface area (Å²) in [4.78, 5) is 23.9. The van der Waals surface area contributed by atoms with Gasteiger partial charge < -0.3 is 11.1 Å².